The minimum Gasteiger partial charge on any atom is -0.458 e. The first-order chi connectivity index (χ1) is 8.43. The molecule has 6 heteroatoms. The van der Waals surface area contributed by atoms with Gasteiger partial charge in [0.05, 0.1) is 6.10 Å². The second-order valence-corrected chi connectivity index (χ2v) is 4.18. The lowest BCUT2D eigenvalue weighted by Gasteiger charge is -2.38. The standard InChI is InChI=1S/C12H20O6/c1-5-15-11-6-10(17-8(3)13)12(7(2)16-11)18-9(4)14/h7,10-12H,5-6H2,1-4H3/t7-,10-,11-,12-/m0/s1. The van der Waals surface area contributed by atoms with Crippen molar-refractivity contribution in [2.75, 3.05) is 6.61 Å². The van der Waals surface area contributed by atoms with Crippen LogP contribution in [0.25, 0.3) is 0 Å². The van der Waals surface area contributed by atoms with Crippen LogP contribution in [0.5, 0.6) is 0 Å². The molecule has 1 saturated heterocycles. The highest BCUT2D eigenvalue weighted by Gasteiger charge is 2.41. The molecule has 0 aromatic heterocycles. The molecule has 0 aliphatic carbocycles. The number of hydrogen-bond acceptors (Lipinski definition) is 6. The number of carbonyl (C=O) groups excluding carboxylic acids is 2. The van der Waals surface area contributed by atoms with Gasteiger partial charge in [-0.2, -0.15) is 0 Å². The van der Waals surface area contributed by atoms with E-state index in [9.17, 15) is 9.59 Å². The van der Waals surface area contributed by atoms with Crippen molar-refractivity contribution in [2.45, 2.75) is 58.7 Å². The second kappa shape index (κ2) is 6.70. The molecule has 0 unspecified atom stereocenters. The van der Waals surface area contributed by atoms with Crippen LogP contribution in [0.3, 0.4) is 0 Å². The van der Waals surface area contributed by atoms with E-state index in [1.807, 2.05) is 6.92 Å². The van der Waals surface area contributed by atoms with Gasteiger partial charge in [0.15, 0.2) is 12.4 Å². The van der Waals surface area contributed by atoms with Crippen molar-refractivity contribution in [1.82, 2.24) is 0 Å². The van der Waals surface area contributed by atoms with Crippen molar-refractivity contribution in [1.29, 1.82) is 0 Å². The molecule has 0 bridgehead atoms. The summed E-state index contributed by atoms with van der Waals surface area (Å²) in [5.41, 5.74) is 0. The van der Waals surface area contributed by atoms with Gasteiger partial charge < -0.3 is 18.9 Å². The van der Waals surface area contributed by atoms with Crippen molar-refractivity contribution in [3.8, 4) is 0 Å². The minimum absolute atomic E-state index is 0.357. The van der Waals surface area contributed by atoms with E-state index in [0.717, 1.165) is 0 Å². The summed E-state index contributed by atoms with van der Waals surface area (Å²) in [6.45, 7) is 6.75. The normalized spacial score (nSPS) is 31.8. The van der Waals surface area contributed by atoms with Gasteiger partial charge in [-0.15, -0.1) is 0 Å². The van der Waals surface area contributed by atoms with Crippen molar-refractivity contribution in [3.05, 3.63) is 0 Å². The molecular weight excluding hydrogens is 240 g/mol. The molecule has 0 aromatic carbocycles. The van der Waals surface area contributed by atoms with E-state index >= 15 is 0 Å². The first-order valence-electron chi connectivity index (χ1n) is 6.05. The Morgan fingerprint density at radius 2 is 1.83 bits per heavy atom. The molecule has 1 aliphatic rings. The fourth-order valence-electron chi connectivity index (χ4n) is 1.98. The molecule has 0 spiro atoms. The quantitative estimate of drug-likeness (QED) is 0.703. The van der Waals surface area contributed by atoms with Gasteiger partial charge in [0.2, 0.25) is 0 Å². The molecule has 1 fully saturated rings. The molecule has 1 heterocycles. The molecule has 0 aromatic rings. The van der Waals surface area contributed by atoms with Crippen LogP contribution in [0.2, 0.25) is 0 Å². The molecule has 18 heavy (non-hydrogen) atoms. The Labute approximate surface area is 107 Å². The molecule has 1 aliphatic heterocycles. The smallest absolute Gasteiger partial charge is 0.303 e. The first kappa shape index (κ1) is 14.9. The lowest BCUT2D eigenvalue weighted by molar-refractivity contribution is -0.254. The fourth-order valence-corrected chi connectivity index (χ4v) is 1.98. The van der Waals surface area contributed by atoms with Crippen molar-refractivity contribution in [3.63, 3.8) is 0 Å². The van der Waals surface area contributed by atoms with Crippen LogP contribution in [0.1, 0.15) is 34.1 Å². The van der Waals surface area contributed by atoms with Crippen LogP contribution in [0.4, 0.5) is 0 Å². The zero-order valence-corrected chi connectivity index (χ0v) is 11.2. The van der Waals surface area contributed by atoms with E-state index in [4.69, 9.17) is 18.9 Å². The molecular formula is C12H20O6. The maximum atomic E-state index is 11.1. The topological polar surface area (TPSA) is 71.1 Å². The number of ether oxygens (including phenoxy) is 4. The number of esters is 2. The Balaban J connectivity index is 2.73. The molecule has 4 atom stereocenters. The van der Waals surface area contributed by atoms with Gasteiger partial charge in [-0.1, -0.05) is 0 Å². The molecule has 1 rings (SSSR count). The third-order valence-electron chi connectivity index (χ3n) is 2.59. The zero-order valence-electron chi connectivity index (χ0n) is 11.2. The summed E-state index contributed by atoms with van der Waals surface area (Å²) >= 11 is 0. The van der Waals surface area contributed by atoms with Gasteiger partial charge in [-0.25, -0.2) is 0 Å². The number of hydrogen-bond donors (Lipinski definition) is 0. The Hall–Kier alpha value is -1.14. The van der Waals surface area contributed by atoms with Crippen molar-refractivity contribution < 1.29 is 28.5 Å². The average molecular weight is 260 g/mol. The SMILES string of the molecule is CCO[C@@H]1C[C@H](OC(C)=O)[C@@H](OC(C)=O)[C@H](C)O1. The van der Waals surface area contributed by atoms with Gasteiger partial charge >= 0.3 is 11.9 Å². The van der Waals surface area contributed by atoms with E-state index in [1.165, 1.54) is 13.8 Å². The van der Waals surface area contributed by atoms with E-state index in [2.05, 4.69) is 0 Å². The molecule has 0 radical (unpaired) electrons. The van der Waals surface area contributed by atoms with Crippen molar-refractivity contribution in [2.24, 2.45) is 0 Å². The summed E-state index contributed by atoms with van der Waals surface area (Å²) in [6.07, 6.45) is -1.60. The summed E-state index contributed by atoms with van der Waals surface area (Å²) in [5, 5.41) is 0. The minimum atomic E-state index is -0.594. The van der Waals surface area contributed by atoms with Gasteiger partial charge in [0.25, 0.3) is 0 Å². The van der Waals surface area contributed by atoms with E-state index in [-0.39, 0.29) is 6.10 Å². The highest BCUT2D eigenvalue weighted by Crippen LogP contribution is 2.26. The van der Waals surface area contributed by atoms with Gasteiger partial charge in [-0.3, -0.25) is 9.59 Å². The summed E-state index contributed by atoms with van der Waals surface area (Å²) in [6, 6.07) is 0. The third kappa shape index (κ3) is 4.27. The van der Waals surface area contributed by atoms with E-state index in [1.54, 1.807) is 6.92 Å². The second-order valence-electron chi connectivity index (χ2n) is 4.18. The van der Waals surface area contributed by atoms with Gasteiger partial charge in [0.1, 0.15) is 6.10 Å². The molecule has 104 valence electrons. The van der Waals surface area contributed by atoms with Crippen LogP contribution in [-0.2, 0) is 28.5 Å². The van der Waals surface area contributed by atoms with Gasteiger partial charge in [-0.05, 0) is 13.8 Å². The summed E-state index contributed by atoms with van der Waals surface area (Å²) in [7, 11) is 0. The molecule has 6 nitrogen and oxygen atoms in total. The highest BCUT2D eigenvalue weighted by molar-refractivity contribution is 5.67. The number of rotatable bonds is 4. The van der Waals surface area contributed by atoms with Gasteiger partial charge in [0, 0.05) is 26.9 Å². The Bertz CT molecular complexity index is 303. The zero-order chi connectivity index (χ0) is 13.7. The largest absolute Gasteiger partial charge is 0.458 e. The Morgan fingerprint density at radius 1 is 1.22 bits per heavy atom. The van der Waals surface area contributed by atoms with Crippen molar-refractivity contribution >= 4 is 11.9 Å². The number of carbonyl (C=O) groups is 2. The van der Waals surface area contributed by atoms with E-state index < -0.39 is 30.4 Å². The summed E-state index contributed by atoms with van der Waals surface area (Å²) in [5.74, 6) is -0.844. The highest BCUT2D eigenvalue weighted by atomic mass is 16.7. The average Bonchev–Trinajstić information content (AvgIpc) is 2.22. The lowest BCUT2D eigenvalue weighted by atomic mass is 10.0. The Morgan fingerprint density at radius 3 is 2.33 bits per heavy atom. The fraction of sp³-hybridized carbons (Fsp3) is 0.833. The first-order valence-corrected chi connectivity index (χ1v) is 6.05. The van der Waals surface area contributed by atoms with Crippen LogP contribution in [0, 0.1) is 0 Å². The van der Waals surface area contributed by atoms with Crippen LogP contribution in [-0.4, -0.2) is 43.1 Å². The Kier molecular flexibility index (Phi) is 5.55. The van der Waals surface area contributed by atoms with E-state index in [0.29, 0.717) is 13.0 Å². The maximum Gasteiger partial charge on any atom is 0.303 e. The molecule has 0 saturated carbocycles. The third-order valence-corrected chi connectivity index (χ3v) is 2.59. The predicted octanol–water partition coefficient (Wildman–Crippen LogP) is 1.02. The lowest BCUT2D eigenvalue weighted by Crippen LogP contribution is -2.51. The van der Waals surface area contributed by atoms with Crippen LogP contribution in [0.15, 0.2) is 0 Å². The summed E-state index contributed by atoms with van der Waals surface area (Å²) < 4.78 is 21.2. The summed E-state index contributed by atoms with van der Waals surface area (Å²) in [4.78, 5) is 22.1. The predicted molar refractivity (Wildman–Crippen MR) is 61.7 cm³/mol. The maximum absolute atomic E-state index is 11.1. The molecule has 0 N–H and O–H groups in total. The monoisotopic (exact) mass is 260 g/mol. The molecule has 0 amide bonds. The van der Waals surface area contributed by atoms with Crippen LogP contribution >= 0.6 is 0 Å². The van der Waals surface area contributed by atoms with Crippen LogP contribution < -0.4 is 0 Å².